The highest BCUT2D eigenvalue weighted by atomic mass is 35.5. The molecule has 39 heavy (non-hydrogen) atoms. The number of nitrogens with one attached hydrogen (secondary N) is 1. The van der Waals surface area contributed by atoms with Crippen LogP contribution >= 0.6 is 23.2 Å². The molecule has 0 spiro atoms. The summed E-state index contributed by atoms with van der Waals surface area (Å²) in [6, 6.07) is 21.7. The lowest BCUT2D eigenvalue weighted by Gasteiger charge is -2.21. The molecule has 0 aliphatic carbocycles. The van der Waals surface area contributed by atoms with Gasteiger partial charge in [-0.3, -0.25) is 9.59 Å². The predicted molar refractivity (Wildman–Crippen MR) is 154 cm³/mol. The van der Waals surface area contributed by atoms with Crippen molar-refractivity contribution in [2.45, 2.75) is 13.5 Å². The molecule has 2 amide bonds. The number of hydrogen-bond acceptors (Lipinski definition) is 5. The maximum absolute atomic E-state index is 12.8. The first-order valence-electron chi connectivity index (χ1n) is 12.0. The van der Waals surface area contributed by atoms with Gasteiger partial charge in [-0.05, 0) is 55.0 Å². The molecule has 0 atom stereocenters. The molecule has 0 unspecified atom stereocenters. The Bertz CT molecular complexity index is 1610. The number of benzene rings is 3. The van der Waals surface area contributed by atoms with Crippen LogP contribution in [0.15, 0.2) is 72.8 Å². The summed E-state index contributed by atoms with van der Waals surface area (Å²) in [4.78, 5) is 31.0. The van der Waals surface area contributed by atoms with Crippen molar-refractivity contribution >= 4 is 57.7 Å². The van der Waals surface area contributed by atoms with E-state index < -0.39 is 5.91 Å². The first-order valence-corrected chi connectivity index (χ1v) is 12.7. The quantitative estimate of drug-likeness (QED) is 0.264. The average molecular weight is 559 g/mol. The Hall–Kier alpha value is -4.38. The second-order valence-corrected chi connectivity index (χ2v) is 9.45. The first-order chi connectivity index (χ1) is 18.8. The monoisotopic (exact) mass is 558 g/mol. The summed E-state index contributed by atoms with van der Waals surface area (Å²) < 4.78 is 6.06. The number of rotatable bonds is 8. The van der Waals surface area contributed by atoms with Gasteiger partial charge >= 0.3 is 0 Å². The Labute approximate surface area is 236 Å². The third-order valence-electron chi connectivity index (χ3n) is 5.98. The molecule has 196 valence electrons. The molecule has 0 radical (unpaired) electrons. The van der Waals surface area contributed by atoms with Crippen molar-refractivity contribution in [2.75, 3.05) is 18.5 Å². The Balaban J connectivity index is 1.41. The van der Waals surface area contributed by atoms with E-state index in [0.29, 0.717) is 27.6 Å². The number of halogens is 2. The van der Waals surface area contributed by atoms with E-state index in [2.05, 4.69) is 10.3 Å². The van der Waals surface area contributed by atoms with Crippen LogP contribution in [0.2, 0.25) is 10.0 Å². The topological polar surface area (TPSA) is 95.3 Å². The van der Waals surface area contributed by atoms with E-state index in [9.17, 15) is 9.59 Å². The first kappa shape index (κ1) is 27.6. The zero-order chi connectivity index (χ0) is 27.9. The number of fused-ring (bicyclic) bond motifs is 1. The normalized spacial score (nSPS) is 10.8. The molecule has 0 fully saturated rings. The molecule has 0 bridgehead atoms. The van der Waals surface area contributed by atoms with E-state index in [0.717, 1.165) is 22.2 Å². The van der Waals surface area contributed by atoms with Crippen LogP contribution in [0, 0.1) is 18.3 Å². The summed E-state index contributed by atoms with van der Waals surface area (Å²) in [7, 11) is 1.57. The highest BCUT2D eigenvalue weighted by Crippen LogP contribution is 2.35. The second kappa shape index (κ2) is 12.4. The van der Waals surface area contributed by atoms with Crippen LogP contribution in [0.3, 0.4) is 0 Å². The summed E-state index contributed by atoms with van der Waals surface area (Å²) in [6.45, 7) is 1.74. The average Bonchev–Trinajstić information content (AvgIpc) is 2.94. The molecule has 1 N–H and O–H groups in total. The second-order valence-electron chi connectivity index (χ2n) is 8.67. The molecule has 0 saturated carbocycles. The van der Waals surface area contributed by atoms with Crippen LogP contribution in [0.4, 0.5) is 5.69 Å². The van der Waals surface area contributed by atoms with Crippen LogP contribution < -0.4 is 15.0 Å². The molecule has 0 aliphatic heterocycles. The van der Waals surface area contributed by atoms with Gasteiger partial charge in [-0.15, -0.1) is 0 Å². The standard InChI is InChI=1S/C30H24Cl2N4O3/c1-19-6-12-22-4-3-5-26(30(22)35-19)39-18-23-24(31)13-14-25(29(23)32)36(2)28(38)17-34-27(37)15-11-20-7-9-21(16-33)10-8-20/h3-15H,17-18H2,1-2H3,(H,34,37)/b15-11+. The molecule has 0 saturated heterocycles. The molecule has 1 heterocycles. The summed E-state index contributed by atoms with van der Waals surface area (Å²) in [6.07, 6.45) is 2.92. The highest BCUT2D eigenvalue weighted by molar-refractivity contribution is 6.38. The van der Waals surface area contributed by atoms with E-state index in [4.69, 9.17) is 33.2 Å². The van der Waals surface area contributed by atoms with Gasteiger partial charge in [0.1, 0.15) is 17.9 Å². The number of anilines is 1. The molecule has 9 heteroatoms. The van der Waals surface area contributed by atoms with Gasteiger partial charge in [0.05, 0.1) is 28.9 Å². The minimum Gasteiger partial charge on any atom is -0.487 e. The molecular formula is C30H24Cl2N4O3. The highest BCUT2D eigenvalue weighted by Gasteiger charge is 2.19. The number of pyridine rings is 1. The van der Waals surface area contributed by atoms with E-state index in [1.165, 1.54) is 11.0 Å². The van der Waals surface area contributed by atoms with E-state index >= 15 is 0 Å². The Kier molecular flexibility index (Phi) is 8.82. The van der Waals surface area contributed by atoms with Crippen molar-refractivity contribution in [1.29, 1.82) is 5.26 Å². The summed E-state index contributed by atoms with van der Waals surface area (Å²) in [5, 5.41) is 13.1. The van der Waals surface area contributed by atoms with Crippen LogP contribution in [0.25, 0.3) is 17.0 Å². The maximum Gasteiger partial charge on any atom is 0.246 e. The molecule has 0 aliphatic rings. The summed E-state index contributed by atoms with van der Waals surface area (Å²) in [5.74, 6) is -0.216. The van der Waals surface area contributed by atoms with E-state index in [-0.39, 0.29) is 24.1 Å². The Morgan fingerprint density at radius 1 is 1.08 bits per heavy atom. The van der Waals surface area contributed by atoms with Crippen molar-refractivity contribution in [1.82, 2.24) is 10.3 Å². The lowest BCUT2D eigenvalue weighted by atomic mass is 10.1. The van der Waals surface area contributed by atoms with Gasteiger partial charge in [0.25, 0.3) is 0 Å². The van der Waals surface area contributed by atoms with Crippen molar-refractivity contribution in [3.05, 3.63) is 105 Å². The SMILES string of the molecule is Cc1ccc2cccc(OCc3c(Cl)ccc(N(C)C(=O)CNC(=O)/C=C/c4ccc(C#N)cc4)c3Cl)c2n1. The maximum atomic E-state index is 12.8. The number of likely N-dealkylation sites (N-methyl/N-ethyl adjacent to an activating group) is 1. The van der Waals surface area contributed by atoms with Gasteiger partial charge in [-0.2, -0.15) is 5.26 Å². The van der Waals surface area contributed by atoms with E-state index in [1.807, 2.05) is 43.3 Å². The lowest BCUT2D eigenvalue weighted by molar-refractivity contribution is -0.122. The van der Waals surface area contributed by atoms with Crippen LogP contribution in [-0.4, -0.2) is 30.4 Å². The van der Waals surface area contributed by atoms with Gasteiger partial charge in [-0.1, -0.05) is 53.5 Å². The Morgan fingerprint density at radius 2 is 1.85 bits per heavy atom. The largest absolute Gasteiger partial charge is 0.487 e. The number of aryl methyl sites for hydroxylation is 1. The van der Waals surface area contributed by atoms with Gasteiger partial charge in [-0.25, -0.2) is 4.98 Å². The van der Waals surface area contributed by atoms with Crippen LogP contribution in [-0.2, 0) is 16.2 Å². The number of amides is 2. The number of carbonyl (C=O) groups is 2. The number of hydrogen-bond donors (Lipinski definition) is 1. The fourth-order valence-corrected chi connectivity index (χ4v) is 4.38. The number of carbonyl (C=O) groups excluding carboxylic acids is 2. The number of nitrogens with zero attached hydrogens (tertiary/aromatic N) is 3. The van der Waals surface area contributed by atoms with Gasteiger partial charge in [0.15, 0.2) is 0 Å². The molecule has 1 aromatic heterocycles. The number of ether oxygens (including phenoxy) is 1. The van der Waals surface area contributed by atoms with Gasteiger partial charge in [0, 0.05) is 34.8 Å². The fourth-order valence-electron chi connectivity index (χ4n) is 3.78. The smallest absolute Gasteiger partial charge is 0.246 e. The van der Waals surface area contributed by atoms with Crippen molar-refractivity contribution in [3.63, 3.8) is 0 Å². The van der Waals surface area contributed by atoms with Gasteiger partial charge in [0.2, 0.25) is 11.8 Å². The molecule has 4 rings (SSSR count). The van der Waals surface area contributed by atoms with Crippen molar-refractivity contribution in [3.8, 4) is 11.8 Å². The van der Waals surface area contributed by atoms with Crippen molar-refractivity contribution < 1.29 is 14.3 Å². The number of aromatic nitrogens is 1. The number of para-hydroxylation sites is 1. The molecule has 4 aromatic rings. The fraction of sp³-hybridized carbons (Fsp3) is 0.133. The molecule has 3 aromatic carbocycles. The predicted octanol–water partition coefficient (Wildman–Crippen LogP) is 6.09. The molecular weight excluding hydrogens is 535 g/mol. The van der Waals surface area contributed by atoms with Crippen molar-refractivity contribution in [2.24, 2.45) is 0 Å². The summed E-state index contributed by atoms with van der Waals surface area (Å²) in [5.41, 5.74) is 3.84. The minimum absolute atomic E-state index is 0.0686. The molecule has 7 nitrogen and oxygen atoms in total. The minimum atomic E-state index is -0.434. The van der Waals surface area contributed by atoms with E-state index in [1.54, 1.807) is 49.5 Å². The zero-order valence-electron chi connectivity index (χ0n) is 21.2. The lowest BCUT2D eigenvalue weighted by Crippen LogP contribution is -2.37. The van der Waals surface area contributed by atoms with Crippen LogP contribution in [0.5, 0.6) is 5.75 Å². The summed E-state index contributed by atoms with van der Waals surface area (Å²) >= 11 is 13.1. The Morgan fingerprint density at radius 3 is 2.59 bits per heavy atom. The van der Waals surface area contributed by atoms with Crippen LogP contribution in [0.1, 0.15) is 22.4 Å². The third kappa shape index (κ3) is 6.74. The number of nitriles is 1. The van der Waals surface area contributed by atoms with Gasteiger partial charge < -0.3 is 15.0 Å². The third-order valence-corrected chi connectivity index (χ3v) is 6.75. The zero-order valence-corrected chi connectivity index (χ0v) is 22.8.